The molecule has 0 aliphatic rings. The van der Waals surface area contributed by atoms with Crippen molar-refractivity contribution in [2.45, 2.75) is 4.90 Å². The van der Waals surface area contributed by atoms with E-state index in [1.54, 1.807) is 0 Å². The van der Waals surface area contributed by atoms with Crippen molar-refractivity contribution >= 4 is 38.4 Å². The van der Waals surface area contributed by atoms with Crippen LogP contribution in [0.5, 0.6) is 0 Å². The Kier molecular flexibility index (Phi) is 3.42. The van der Waals surface area contributed by atoms with E-state index in [9.17, 15) is 17.6 Å². The molecule has 1 aromatic heterocycles. The van der Waals surface area contributed by atoms with Gasteiger partial charge in [0.15, 0.2) is 11.4 Å². The summed E-state index contributed by atoms with van der Waals surface area (Å²) in [4.78, 5) is 13.3. The summed E-state index contributed by atoms with van der Waals surface area (Å²) in [5.41, 5.74) is 0.167. The van der Waals surface area contributed by atoms with E-state index in [-0.39, 0.29) is 21.2 Å². The van der Waals surface area contributed by atoms with Crippen molar-refractivity contribution in [1.82, 2.24) is 4.98 Å². The molecule has 114 valence electrons. The number of anilines is 1. The third-order valence-corrected chi connectivity index (χ3v) is 4.55. The summed E-state index contributed by atoms with van der Waals surface area (Å²) < 4.78 is 45.2. The van der Waals surface area contributed by atoms with Gasteiger partial charge in [-0.3, -0.25) is 9.71 Å². The lowest BCUT2D eigenvalue weighted by molar-refractivity contribution is 0.554. The molecule has 0 fully saturated rings. The van der Waals surface area contributed by atoms with Gasteiger partial charge in [0.2, 0.25) is 0 Å². The monoisotopic (exact) mass is 342 g/mol. The molecule has 0 aliphatic carbocycles. The lowest BCUT2D eigenvalue weighted by atomic mass is 10.3. The molecule has 22 heavy (non-hydrogen) atoms. The Labute approximate surface area is 128 Å². The van der Waals surface area contributed by atoms with Crippen LogP contribution in [0.4, 0.5) is 10.1 Å². The van der Waals surface area contributed by atoms with E-state index < -0.39 is 21.6 Å². The molecule has 6 nitrogen and oxygen atoms in total. The molecule has 0 aliphatic heterocycles. The molecule has 3 aromatic rings. The number of sulfonamides is 1. The molecular formula is C13H8ClFN2O4S. The predicted molar refractivity (Wildman–Crippen MR) is 79.1 cm³/mol. The highest BCUT2D eigenvalue weighted by Gasteiger charge is 2.18. The average Bonchev–Trinajstić information content (AvgIpc) is 2.82. The van der Waals surface area contributed by atoms with Gasteiger partial charge in [0.05, 0.1) is 21.1 Å². The highest BCUT2D eigenvalue weighted by atomic mass is 35.5. The number of benzene rings is 2. The van der Waals surface area contributed by atoms with Crippen molar-refractivity contribution in [2.24, 2.45) is 0 Å². The largest absolute Gasteiger partial charge is 0.417 e. The van der Waals surface area contributed by atoms with Crippen LogP contribution in [0.3, 0.4) is 0 Å². The number of H-pyrrole nitrogens is 1. The Morgan fingerprint density at radius 2 is 2.00 bits per heavy atom. The van der Waals surface area contributed by atoms with Gasteiger partial charge in [0.1, 0.15) is 0 Å². The SMILES string of the molecule is O=c1[nH]c2ccc(S(=O)(=O)Nc3cccc(Cl)c3F)cc2o1. The van der Waals surface area contributed by atoms with Crippen LogP contribution in [0.15, 0.2) is 50.5 Å². The Balaban J connectivity index is 2.04. The van der Waals surface area contributed by atoms with Crippen molar-refractivity contribution in [2.75, 3.05) is 4.72 Å². The minimum Gasteiger partial charge on any atom is -0.408 e. The van der Waals surface area contributed by atoms with E-state index in [4.69, 9.17) is 16.0 Å². The lowest BCUT2D eigenvalue weighted by Gasteiger charge is -2.09. The lowest BCUT2D eigenvalue weighted by Crippen LogP contribution is -2.14. The first-order valence-corrected chi connectivity index (χ1v) is 7.83. The molecule has 0 amide bonds. The molecule has 0 spiro atoms. The molecule has 0 radical (unpaired) electrons. The normalized spacial score (nSPS) is 11.7. The van der Waals surface area contributed by atoms with Crippen LogP contribution in [-0.2, 0) is 10.0 Å². The summed E-state index contributed by atoms with van der Waals surface area (Å²) in [6.45, 7) is 0. The highest BCUT2D eigenvalue weighted by Crippen LogP contribution is 2.25. The maximum absolute atomic E-state index is 13.8. The smallest absolute Gasteiger partial charge is 0.408 e. The first-order valence-electron chi connectivity index (χ1n) is 5.96. The van der Waals surface area contributed by atoms with Crippen molar-refractivity contribution in [3.8, 4) is 0 Å². The molecule has 0 saturated heterocycles. The minimum absolute atomic E-state index is 0.0828. The fourth-order valence-corrected chi connectivity index (χ4v) is 3.13. The van der Waals surface area contributed by atoms with E-state index in [1.807, 2.05) is 0 Å². The Bertz CT molecular complexity index is 1030. The number of rotatable bonds is 3. The van der Waals surface area contributed by atoms with Gasteiger partial charge in [0.25, 0.3) is 10.0 Å². The van der Waals surface area contributed by atoms with E-state index in [0.29, 0.717) is 5.52 Å². The van der Waals surface area contributed by atoms with E-state index in [0.717, 1.165) is 6.07 Å². The van der Waals surface area contributed by atoms with Gasteiger partial charge in [-0.2, -0.15) is 0 Å². The summed E-state index contributed by atoms with van der Waals surface area (Å²) in [6, 6.07) is 7.76. The van der Waals surface area contributed by atoms with Crippen molar-refractivity contribution < 1.29 is 17.2 Å². The Morgan fingerprint density at radius 3 is 2.77 bits per heavy atom. The van der Waals surface area contributed by atoms with Crippen molar-refractivity contribution in [3.63, 3.8) is 0 Å². The highest BCUT2D eigenvalue weighted by molar-refractivity contribution is 7.92. The quantitative estimate of drug-likeness (QED) is 0.765. The molecular weight excluding hydrogens is 335 g/mol. The minimum atomic E-state index is -4.06. The Morgan fingerprint density at radius 1 is 1.23 bits per heavy atom. The van der Waals surface area contributed by atoms with Gasteiger partial charge in [-0.15, -0.1) is 0 Å². The standard InChI is InChI=1S/C13H8ClFN2O4S/c14-8-2-1-3-10(12(8)15)17-22(19,20)7-4-5-9-11(6-7)21-13(18)16-9/h1-6,17H,(H,16,18). The van der Waals surface area contributed by atoms with Crippen molar-refractivity contribution in [3.05, 3.63) is 57.8 Å². The number of fused-ring (bicyclic) bond motifs is 1. The molecule has 2 N–H and O–H groups in total. The summed E-state index contributed by atoms with van der Waals surface area (Å²) in [7, 11) is -4.06. The van der Waals surface area contributed by atoms with Crippen molar-refractivity contribution in [1.29, 1.82) is 0 Å². The van der Waals surface area contributed by atoms with Crippen LogP contribution in [0.25, 0.3) is 11.1 Å². The van der Waals surface area contributed by atoms with Crippen LogP contribution in [0.2, 0.25) is 5.02 Å². The third-order valence-electron chi connectivity index (χ3n) is 2.90. The fourth-order valence-electron chi connectivity index (χ4n) is 1.88. The maximum Gasteiger partial charge on any atom is 0.417 e. The van der Waals surface area contributed by atoms with Gasteiger partial charge in [-0.05, 0) is 24.3 Å². The molecule has 2 aromatic carbocycles. The van der Waals surface area contributed by atoms with E-state index >= 15 is 0 Å². The molecule has 3 rings (SSSR count). The number of hydrogen-bond acceptors (Lipinski definition) is 4. The number of nitrogens with one attached hydrogen (secondary N) is 2. The van der Waals surface area contributed by atoms with Crippen LogP contribution in [-0.4, -0.2) is 13.4 Å². The van der Waals surface area contributed by atoms with Gasteiger partial charge < -0.3 is 4.42 Å². The number of aromatic amines is 1. The average molecular weight is 343 g/mol. The zero-order valence-corrected chi connectivity index (χ0v) is 12.3. The summed E-state index contributed by atoms with van der Waals surface area (Å²) in [6.07, 6.45) is 0. The Hall–Kier alpha value is -2.32. The third kappa shape index (κ3) is 2.58. The first kappa shape index (κ1) is 14.6. The topological polar surface area (TPSA) is 92.2 Å². The number of aromatic nitrogens is 1. The van der Waals surface area contributed by atoms with Gasteiger partial charge in [-0.1, -0.05) is 17.7 Å². The number of hydrogen-bond donors (Lipinski definition) is 2. The van der Waals surface area contributed by atoms with Gasteiger partial charge in [0, 0.05) is 6.07 Å². The molecule has 0 atom stereocenters. The molecule has 0 unspecified atom stereocenters. The summed E-state index contributed by atoms with van der Waals surface area (Å²) in [5, 5.41) is -0.202. The predicted octanol–water partition coefficient (Wildman–Crippen LogP) is 2.71. The van der Waals surface area contributed by atoms with Crippen LogP contribution < -0.4 is 10.5 Å². The second kappa shape index (κ2) is 5.15. The second-order valence-corrected chi connectivity index (χ2v) is 6.47. The second-order valence-electron chi connectivity index (χ2n) is 4.38. The summed E-state index contributed by atoms with van der Waals surface area (Å²) >= 11 is 5.61. The maximum atomic E-state index is 13.8. The molecule has 1 heterocycles. The van der Waals surface area contributed by atoms with E-state index in [2.05, 4.69) is 9.71 Å². The zero-order valence-electron chi connectivity index (χ0n) is 10.8. The van der Waals surface area contributed by atoms with Crippen LogP contribution >= 0.6 is 11.6 Å². The van der Waals surface area contributed by atoms with Gasteiger partial charge >= 0.3 is 5.76 Å². The molecule has 0 saturated carbocycles. The zero-order chi connectivity index (χ0) is 15.9. The van der Waals surface area contributed by atoms with E-state index in [1.165, 1.54) is 30.3 Å². The molecule has 0 bridgehead atoms. The van der Waals surface area contributed by atoms with Crippen LogP contribution in [0.1, 0.15) is 0 Å². The number of oxazole rings is 1. The number of halogens is 2. The molecule has 9 heteroatoms. The van der Waals surface area contributed by atoms with Gasteiger partial charge in [-0.25, -0.2) is 17.6 Å². The van der Waals surface area contributed by atoms with Crippen LogP contribution in [0, 0.1) is 5.82 Å². The fraction of sp³-hybridized carbons (Fsp3) is 0. The summed E-state index contributed by atoms with van der Waals surface area (Å²) in [5.74, 6) is -1.57. The first-order chi connectivity index (χ1) is 10.4.